The number of amides is 3. The van der Waals surface area contributed by atoms with Crippen molar-refractivity contribution in [1.82, 2.24) is 4.90 Å². The molecule has 0 bridgehead atoms. The fraction of sp³-hybridized carbons (Fsp3) is 0.200. The first kappa shape index (κ1) is 17.0. The van der Waals surface area contributed by atoms with Gasteiger partial charge in [-0.2, -0.15) is 0 Å². The summed E-state index contributed by atoms with van der Waals surface area (Å²) >= 11 is 0. The van der Waals surface area contributed by atoms with E-state index in [0.717, 1.165) is 4.90 Å². The summed E-state index contributed by atoms with van der Waals surface area (Å²) in [7, 11) is 0. The third-order valence-electron chi connectivity index (χ3n) is 4.75. The van der Waals surface area contributed by atoms with Gasteiger partial charge in [0.15, 0.2) is 6.10 Å². The number of benzene rings is 2. The first-order chi connectivity index (χ1) is 13.0. The van der Waals surface area contributed by atoms with Gasteiger partial charge in [0, 0.05) is 18.7 Å². The van der Waals surface area contributed by atoms with Gasteiger partial charge in [-0.15, -0.1) is 0 Å². The molecule has 2 aromatic rings. The molecule has 136 valence electrons. The van der Waals surface area contributed by atoms with Crippen molar-refractivity contribution in [3.63, 3.8) is 0 Å². The highest BCUT2D eigenvalue weighted by Gasteiger charge is 2.37. The maximum Gasteiger partial charge on any atom is 0.267 e. The number of ether oxygens (including phenoxy) is 1. The second-order valence-corrected chi connectivity index (χ2v) is 6.40. The van der Waals surface area contributed by atoms with E-state index in [-0.39, 0.29) is 30.8 Å². The quantitative estimate of drug-likeness (QED) is 0.611. The van der Waals surface area contributed by atoms with Gasteiger partial charge >= 0.3 is 0 Å². The van der Waals surface area contributed by atoms with Crippen LogP contribution in [0.15, 0.2) is 42.5 Å². The summed E-state index contributed by atoms with van der Waals surface area (Å²) in [6.45, 7) is 1.80. The number of rotatable bonds is 4. The normalized spacial score (nSPS) is 18.3. The number of imide groups is 1. The minimum absolute atomic E-state index is 0.0512. The third-order valence-corrected chi connectivity index (χ3v) is 4.75. The Morgan fingerprint density at radius 2 is 1.59 bits per heavy atom. The molecular weight excluding hydrogens is 348 g/mol. The molecule has 2 aromatic carbocycles. The van der Waals surface area contributed by atoms with Gasteiger partial charge in [0.1, 0.15) is 12.0 Å². The molecule has 0 saturated heterocycles. The van der Waals surface area contributed by atoms with Gasteiger partial charge in [0.2, 0.25) is 0 Å². The molecule has 0 radical (unpaired) electrons. The average Bonchev–Trinajstić information content (AvgIpc) is 2.93. The largest absolute Gasteiger partial charge is 0.479 e. The van der Waals surface area contributed by atoms with E-state index in [1.54, 1.807) is 49.4 Å². The predicted octanol–water partition coefficient (Wildman–Crippen LogP) is 1.91. The molecule has 2 heterocycles. The number of hydrogen-bond donors (Lipinski definition) is 0. The number of fused-ring (bicyclic) bond motifs is 2. The summed E-state index contributed by atoms with van der Waals surface area (Å²) < 4.78 is 5.58. The van der Waals surface area contributed by atoms with E-state index in [4.69, 9.17) is 4.74 Å². The van der Waals surface area contributed by atoms with Crippen LogP contribution < -0.4 is 9.64 Å². The lowest BCUT2D eigenvalue weighted by molar-refractivity contribution is -0.125. The van der Waals surface area contributed by atoms with Crippen molar-refractivity contribution in [3.05, 3.63) is 59.2 Å². The molecule has 0 fully saturated rings. The molecule has 4 rings (SSSR count). The molecule has 7 heteroatoms. The van der Waals surface area contributed by atoms with Crippen LogP contribution in [0.4, 0.5) is 5.69 Å². The number of nitrogens with zero attached hydrogens (tertiary/aromatic N) is 2. The van der Waals surface area contributed by atoms with Crippen molar-refractivity contribution >= 4 is 29.7 Å². The first-order valence-corrected chi connectivity index (χ1v) is 8.53. The van der Waals surface area contributed by atoms with Crippen molar-refractivity contribution in [2.24, 2.45) is 0 Å². The predicted molar refractivity (Wildman–Crippen MR) is 96.1 cm³/mol. The van der Waals surface area contributed by atoms with Crippen molar-refractivity contribution < 1.29 is 23.9 Å². The summed E-state index contributed by atoms with van der Waals surface area (Å²) in [4.78, 5) is 51.3. The van der Waals surface area contributed by atoms with Crippen molar-refractivity contribution in [2.75, 3.05) is 18.0 Å². The van der Waals surface area contributed by atoms with Gasteiger partial charge in [-0.1, -0.05) is 12.1 Å². The van der Waals surface area contributed by atoms with Crippen LogP contribution in [0.2, 0.25) is 0 Å². The zero-order chi connectivity index (χ0) is 19.1. The van der Waals surface area contributed by atoms with E-state index < -0.39 is 6.10 Å². The lowest BCUT2D eigenvalue weighted by Crippen LogP contribution is -2.48. The molecule has 0 saturated carbocycles. The van der Waals surface area contributed by atoms with Crippen LogP contribution in [0.1, 0.15) is 38.0 Å². The fourth-order valence-corrected chi connectivity index (χ4v) is 3.37. The van der Waals surface area contributed by atoms with E-state index in [1.165, 1.54) is 4.90 Å². The third kappa shape index (κ3) is 2.68. The van der Waals surface area contributed by atoms with Crippen molar-refractivity contribution in [3.8, 4) is 5.75 Å². The van der Waals surface area contributed by atoms with Crippen LogP contribution in [0.5, 0.6) is 5.75 Å². The average molecular weight is 364 g/mol. The number of carbonyl (C=O) groups excluding carboxylic acids is 4. The highest BCUT2D eigenvalue weighted by atomic mass is 16.5. The Labute approximate surface area is 155 Å². The van der Waals surface area contributed by atoms with E-state index in [1.807, 2.05) is 0 Å². The number of anilines is 1. The molecule has 2 aliphatic rings. The summed E-state index contributed by atoms with van der Waals surface area (Å²) in [6, 6.07) is 11.4. The number of aldehydes is 1. The number of carbonyl (C=O) groups is 4. The maximum absolute atomic E-state index is 12.6. The fourth-order valence-electron chi connectivity index (χ4n) is 3.37. The van der Waals surface area contributed by atoms with E-state index in [2.05, 4.69) is 0 Å². The van der Waals surface area contributed by atoms with Crippen LogP contribution >= 0.6 is 0 Å². The standard InChI is InChI=1S/C20H16N2O5/c1-12-18(24)21(16-10-13(11-23)6-7-17(16)27-12)8-9-22-19(25)14-4-2-3-5-15(14)20(22)26/h2-7,10-12H,8-9H2,1H3. The summed E-state index contributed by atoms with van der Waals surface area (Å²) in [5, 5.41) is 0. The Hall–Kier alpha value is -3.48. The SMILES string of the molecule is CC1Oc2ccc(C=O)cc2N(CCN2C(=O)c3ccccc3C2=O)C1=O. The zero-order valence-corrected chi connectivity index (χ0v) is 14.5. The van der Waals surface area contributed by atoms with E-state index >= 15 is 0 Å². The van der Waals surface area contributed by atoms with Gasteiger partial charge in [-0.05, 0) is 37.3 Å². The Kier molecular flexibility index (Phi) is 3.99. The van der Waals surface area contributed by atoms with Crippen LogP contribution in [0, 0.1) is 0 Å². The molecule has 2 aliphatic heterocycles. The molecule has 1 atom stereocenters. The Bertz CT molecular complexity index is 949. The molecule has 0 N–H and O–H groups in total. The second kappa shape index (κ2) is 6.35. The van der Waals surface area contributed by atoms with E-state index in [9.17, 15) is 19.2 Å². The van der Waals surface area contributed by atoms with Gasteiger partial charge in [0.25, 0.3) is 17.7 Å². The van der Waals surface area contributed by atoms with Crippen molar-refractivity contribution in [2.45, 2.75) is 13.0 Å². The molecule has 7 nitrogen and oxygen atoms in total. The molecule has 0 aliphatic carbocycles. The van der Waals surface area contributed by atoms with Gasteiger partial charge < -0.3 is 9.64 Å². The van der Waals surface area contributed by atoms with Gasteiger partial charge in [-0.25, -0.2) is 0 Å². The first-order valence-electron chi connectivity index (χ1n) is 8.53. The smallest absolute Gasteiger partial charge is 0.267 e. The lowest BCUT2D eigenvalue weighted by Gasteiger charge is -2.33. The second-order valence-electron chi connectivity index (χ2n) is 6.40. The summed E-state index contributed by atoms with van der Waals surface area (Å²) in [5.41, 5.74) is 1.60. The van der Waals surface area contributed by atoms with Crippen LogP contribution in [-0.2, 0) is 4.79 Å². The van der Waals surface area contributed by atoms with Gasteiger partial charge in [0.05, 0.1) is 16.8 Å². The maximum atomic E-state index is 12.6. The number of hydrogen-bond acceptors (Lipinski definition) is 5. The molecular formula is C20H16N2O5. The minimum atomic E-state index is -0.693. The monoisotopic (exact) mass is 364 g/mol. The lowest BCUT2D eigenvalue weighted by atomic mass is 10.1. The highest BCUT2D eigenvalue weighted by molar-refractivity contribution is 6.21. The van der Waals surface area contributed by atoms with Crippen LogP contribution in [-0.4, -0.2) is 48.1 Å². The molecule has 1 unspecified atom stereocenters. The molecule has 3 amide bonds. The Balaban J connectivity index is 1.60. The molecule has 27 heavy (non-hydrogen) atoms. The Morgan fingerprint density at radius 1 is 0.963 bits per heavy atom. The highest BCUT2D eigenvalue weighted by Crippen LogP contribution is 2.34. The van der Waals surface area contributed by atoms with Crippen LogP contribution in [0.25, 0.3) is 0 Å². The molecule has 0 aromatic heterocycles. The zero-order valence-electron chi connectivity index (χ0n) is 14.5. The topological polar surface area (TPSA) is 84.0 Å². The van der Waals surface area contributed by atoms with Crippen molar-refractivity contribution in [1.29, 1.82) is 0 Å². The minimum Gasteiger partial charge on any atom is -0.479 e. The summed E-state index contributed by atoms with van der Waals surface area (Å²) in [6.07, 6.45) is -0.00717. The Morgan fingerprint density at radius 3 is 2.22 bits per heavy atom. The van der Waals surface area contributed by atoms with Crippen LogP contribution in [0.3, 0.4) is 0 Å². The molecule has 0 spiro atoms. The van der Waals surface area contributed by atoms with Gasteiger partial charge in [-0.3, -0.25) is 24.1 Å². The van der Waals surface area contributed by atoms with E-state index in [0.29, 0.717) is 34.4 Å². The summed E-state index contributed by atoms with van der Waals surface area (Å²) in [5.74, 6) is -0.547.